The smallest absolute Gasteiger partial charge is 0.306 e. The predicted molar refractivity (Wildman–Crippen MR) is 121 cm³/mol. The number of fused-ring (bicyclic) bond motifs is 5. The average Bonchev–Trinajstić information content (AvgIpc) is 2.91. The second-order valence-electron chi connectivity index (χ2n) is 10.5. The van der Waals surface area contributed by atoms with E-state index >= 15 is 0 Å². The summed E-state index contributed by atoms with van der Waals surface area (Å²) in [4.78, 5) is 36.9. The van der Waals surface area contributed by atoms with E-state index in [0.717, 1.165) is 24.8 Å². The number of ketones is 2. The summed E-state index contributed by atoms with van der Waals surface area (Å²) >= 11 is 14.7. The molecule has 0 aromatic heterocycles. The van der Waals surface area contributed by atoms with Gasteiger partial charge in [0.05, 0.1) is 10.3 Å². The van der Waals surface area contributed by atoms with Gasteiger partial charge >= 0.3 is 5.97 Å². The normalized spacial score (nSPS) is 48.4. The maximum absolute atomic E-state index is 13.2. The molecule has 0 aromatic rings. The molecule has 0 N–H and O–H groups in total. The summed E-state index contributed by atoms with van der Waals surface area (Å²) in [5, 5.41) is -0.448. The van der Waals surface area contributed by atoms with E-state index in [1.54, 1.807) is 19.1 Å². The van der Waals surface area contributed by atoms with Crippen molar-refractivity contribution in [2.45, 2.75) is 82.6 Å². The number of Topliss-reactive ketones (excluding diaryl/α,β-unsaturated/α-hetero) is 1. The molecule has 8 atom stereocenters. The second kappa shape index (κ2) is 7.18. The number of allylic oxidation sites excluding steroid dienone is 4. The fourth-order valence-corrected chi connectivity index (χ4v) is 8.99. The third kappa shape index (κ3) is 2.70. The van der Waals surface area contributed by atoms with Gasteiger partial charge in [-0.15, -0.1) is 23.2 Å². The van der Waals surface area contributed by atoms with Gasteiger partial charge in [-0.25, -0.2) is 0 Å². The maximum Gasteiger partial charge on any atom is 0.306 e. The minimum atomic E-state index is -1.19. The number of rotatable bonds is 3. The van der Waals surface area contributed by atoms with E-state index in [9.17, 15) is 14.4 Å². The molecule has 31 heavy (non-hydrogen) atoms. The van der Waals surface area contributed by atoms with E-state index in [0.29, 0.717) is 6.42 Å². The number of esters is 1. The van der Waals surface area contributed by atoms with Crippen molar-refractivity contribution >= 4 is 40.7 Å². The zero-order chi connectivity index (χ0) is 23.0. The van der Waals surface area contributed by atoms with E-state index in [2.05, 4.69) is 13.8 Å². The van der Waals surface area contributed by atoms with Crippen LogP contribution in [0.15, 0.2) is 23.8 Å². The van der Waals surface area contributed by atoms with Gasteiger partial charge in [0.15, 0.2) is 17.2 Å². The van der Waals surface area contributed by atoms with Crippen molar-refractivity contribution in [3.8, 4) is 0 Å². The summed E-state index contributed by atoms with van der Waals surface area (Å²) in [6.07, 6.45) is 8.30. The number of hydrogen-bond acceptors (Lipinski definition) is 4. The summed E-state index contributed by atoms with van der Waals surface area (Å²) < 4.78 is 6.04. The molecule has 0 unspecified atom stereocenters. The van der Waals surface area contributed by atoms with E-state index in [1.165, 1.54) is 6.92 Å². The van der Waals surface area contributed by atoms with Gasteiger partial charge in [-0.2, -0.15) is 0 Å². The highest BCUT2D eigenvalue weighted by Gasteiger charge is 2.75. The first-order valence-electron chi connectivity index (χ1n) is 11.4. The van der Waals surface area contributed by atoms with Gasteiger partial charge in [-0.3, -0.25) is 14.4 Å². The van der Waals surface area contributed by atoms with Gasteiger partial charge in [-0.1, -0.05) is 39.3 Å². The third-order valence-electron chi connectivity index (χ3n) is 9.22. The van der Waals surface area contributed by atoms with Crippen molar-refractivity contribution in [1.29, 1.82) is 0 Å². The monoisotopic (exact) mass is 466 g/mol. The van der Waals surface area contributed by atoms with Crippen LogP contribution in [-0.4, -0.2) is 33.4 Å². The number of alkyl halides is 2. The molecule has 3 saturated carbocycles. The summed E-state index contributed by atoms with van der Waals surface area (Å²) in [5.74, 6) is -0.454. The second-order valence-corrected chi connectivity index (χ2v) is 11.6. The van der Waals surface area contributed by atoms with Crippen LogP contribution in [0.25, 0.3) is 0 Å². The molecule has 0 saturated heterocycles. The lowest BCUT2D eigenvalue weighted by atomic mass is 9.46. The molecule has 4 aliphatic carbocycles. The molecule has 0 bridgehead atoms. The predicted octanol–water partition coefficient (Wildman–Crippen LogP) is 5.40. The SMILES string of the molecule is CCC(=O)O[C@@]1(C(C)=O)[C@H](C)C[C@H]2[C@@H]3CCC4=CC(=O)C=C[C@]4(C)[C@@]3(Cl)[C@@H](Cl)C[C@@]21C. The van der Waals surface area contributed by atoms with Gasteiger partial charge in [-0.05, 0) is 56.6 Å². The van der Waals surface area contributed by atoms with Crippen LogP contribution in [-0.2, 0) is 19.1 Å². The average molecular weight is 467 g/mol. The molecular formula is C25H32Cl2O4. The summed E-state index contributed by atoms with van der Waals surface area (Å²) in [5.41, 5.74) is -1.26. The molecular weight excluding hydrogens is 435 g/mol. The van der Waals surface area contributed by atoms with Crippen molar-refractivity contribution in [3.63, 3.8) is 0 Å². The first-order chi connectivity index (χ1) is 14.4. The van der Waals surface area contributed by atoms with E-state index < -0.39 is 26.7 Å². The van der Waals surface area contributed by atoms with Gasteiger partial charge in [0.25, 0.3) is 0 Å². The zero-order valence-electron chi connectivity index (χ0n) is 19.0. The summed E-state index contributed by atoms with van der Waals surface area (Å²) in [6.45, 7) is 9.47. The van der Waals surface area contributed by atoms with Crippen LogP contribution in [0.4, 0.5) is 0 Å². The molecule has 0 amide bonds. The maximum atomic E-state index is 13.2. The molecule has 6 heteroatoms. The minimum Gasteiger partial charge on any atom is -0.450 e. The van der Waals surface area contributed by atoms with Gasteiger partial charge in [0.1, 0.15) is 0 Å². The van der Waals surface area contributed by atoms with E-state index in [4.69, 9.17) is 27.9 Å². The fraction of sp³-hybridized carbons (Fsp3) is 0.720. The van der Waals surface area contributed by atoms with E-state index in [-0.39, 0.29) is 41.7 Å². The lowest BCUT2D eigenvalue weighted by Crippen LogP contribution is -2.68. The highest BCUT2D eigenvalue weighted by Crippen LogP contribution is 2.72. The quantitative estimate of drug-likeness (QED) is 0.412. The Morgan fingerprint density at radius 3 is 2.55 bits per heavy atom. The Balaban J connectivity index is 1.84. The van der Waals surface area contributed by atoms with Gasteiger partial charge in [0.2, 0.25) is 0 Å². The number of ether oxygens (including phenoxy) is 1. The Morgan fingerprint density at radius 1 is 1.26 bits per heavy atom. The largest absolute Gasteiger partial charge is 0.450 e. The third-order valence-corrected chi connectivity index (χ3v) is 10.8. The van der Waals surface area contributed by atoms with Crippen molar-refractivity contribution in [2.24, 2.45) is 28.6 Å². The highest BCUT2D eigenvalue weighted by molar-refractivity contribution is 6.34. The van der Waals surface area contributed by atoms with Crippen molar-refractivity contribution in [3.05, 3.63) is 23.8 Å². The van der Waals surface area contributed by atoms with Crippen LogP contribution < -0.4 is 0 Å². The summed E-state index contributed by atoms with van der Waals surface area (Å²) in [6, 6.07) is 0. The molecule has 3 fully saturated rings. The van der Waals surface area contributed by atoms with Gasteiger partial charge in [0, 0.05) is 23.2 Å². The first kappa shape index (κ1) is 23.0. The molecule has 0 heterocycles. The Hall–Kier alpha value is -1.13. The van der Waals surface area contributed by atoms with Crippen LogP contribution in [0.1, 0.15) is 66.7 Å². The molecule has 4 aliphatic rings. The lowest BCUT2D eigenvalue weighted by molar-refractivity contribution is -0.192. The number of halogens is 2. The Labute approximate surface area is 194 Å². The topological polar surface area (TPSA) is 60.4 Å². The lowest BCUT2D eigenvalue weighted by Gasteiger charge is -2.64. The van der Waals surface area contributed by atoms with Crippen LogP contribution in [0.3, 0.4) is 0 Å². The Morgan fingerprint density at radius 2 is 1.94 bits per heavy atom. The van der Waals surface area contributed by atoms with Gasteiger partial charge < -0.3 is 4.74 Å². The molecule has 0 spiro atoms. The van der Waals surface area contributed by atoms with Crippen molar-refractivity contribution < 1.29 is 19.1 Å². The number of carbonyl (C=O) groups is 3. The van der Waals surface area contributed by atoms with Crippen molar-refractivity contribution in [1.82, 2.24) is 0 Å². The molecule has 0 aromatic carbocycles. The first-order valence-corrected chi connectivity index (χ1v) is 12.2. The van der Waals surface area contributed by atoms with Crippen LogP contribution >= 0.6 is 23.2 Å². The zero-order valence-corrected chi connectivity index (χ0v) is 20.5. The Kier molecular flexibility index (Phi) is 5.34. The van der Waals surface area contributed by atoms with E-state index in [1.807, 2.05) is 13.0 Å². The molecule has 170 valence electrons. The minimum absolute atomic E-state index is 0.00507. The Bertz CT molecular complexity index is 909. The van der Waals surface area contributed by atoms with Crippen LogP contribution in [0.2, 0.25) is 0 Å². The molecule has 4 nitrogen and oxygen atoms in total. The fourth-order valence-electron chi connectivity index (χ4n) is 7.76. The molecule has 4 rings (SSSR count). The molecule has 0 radical (unpaired) electrons. The highest BCUT2D eigenvalue weighted by atomic mass is 35.5. The molecule has 0 aliphatic heterocycles. The van der Waals surface area contributed by atoms with Crippen molar-refractivity contribution in [2.75, 3.05) is 0 Å². The standard InChI is InChI=1S/C25H32Cl2O4/c1-6-21(30)31-25(15(3)28)14(2)11-19-18-8-7-16-12-17(29)9-10-22(16,4)24(18,27)20(26)13-23(19,25)5/h9-10,12,14,18-20H,6-8,11,13H2,1-5H3/t14-,18+,19+,20+,22+,23+,24+,25-/m1/s1. The van der Waals surface area contributed by atoms with Crippen LogP contribution in [0, 0.1) is 28.6 Å². The van der Waals surface area contributed by atoms with Crippen LogP contribution in [0.5, 0.6) is 0 Å². The number of hydrogen-bond donors (Lipinski definition) is 0. The summed E-state index contributed by atoms with van der Waals surface area (Å²) in [7, 11) is 0. The number of carbonyl (C=O) groups excluding carboxylic acids is 3.